The summed E-state index contributed by atoms with van der Waals surface area (Å²) in [5.41, 5.74) is 2.03. The van der Waals surface area contributed by atoms with E-state index in [2.05, 4.69) is 11.9 Å². The third-order valence-electron chi connectivity index (χ3n) is 5.32. The minimum Gasteiger partial charge on any atom is -0.468 e. The zero-order valence-electron chi connectivity index (χ0n) is 17.1. The Morgan fingerprint density at radius 1 is 1.00 bits per heavy atom. The van der Waals surface area contributed by atoms with Crippen molar-refractivity contribution in [2.75, 3.05) is 7.11 Å². The lowest BCUT2D eigenvalue weighted by molar-refractivity contribution is -0.149. The second kappa shape index (κ2) is 10.2. The monoisotopic (exact) mass is 419 g/mol. The molecule has 0 spiro atoms. The molecule has 0 saturated heterocycles. The van der Waals surface area contributed by atoms with Crippen LogP contribution in [-0.2, 0) is 22.5 Å². The molecule has 0 bridgehead atoms. The van der Waals surface area contributed by atoms with Crippen molar-refractivity contribution in [3.63, 3.8) is 0 Å². The predicted molar refractivity (Wildman–Crippen MR) is 123 cm³/mol. The molecule has 3 aromatic carbocycles. The summed E-state index contributed by atoms with van der Waals surface area (Å²) in [4.78, 5) is 13.3. The number of carbonyl (C=O) groups is 1. The topological polar surface area (TPSA) is 38.3 Å². The summed E-state index contributed by atoms with van der Waals surface area (Å²) >= 11 is 6.03. The average Bonchev–Trinajstić information content (AvgIpc) is 2.79. The highest BCUT2D eigenvalue weighted by Gasteiger charge is 2.46. The van der Waals surface area contributed by atoms with Crippen LogP contribution in [0.3, 0.4) is 0 Å². The molecule has 0 radical (unpaired) electrons. The zero-order chi connectivity index (χ0) is 21.4. The Labute approximate surface area is 183 Å². The molecular formula is C26H26ClNO2. The van der Waals surface area contributed by atoms with E-state index in [4.69, 9.17) is 16.3 Å². The van der Waals surface area contributed by atoms with Crippen molar-refractivity contribution >= 4 is 17.6 Å². The van der Waals surface area contributed by atoms with Gasteiger partial charge in [0.1, 0.15) is 5.54 Å². The minimum absolute atomic E-state index is 0.293. The van der Waals surface area contributed by atoms with Crippen molar-refractivity contribution in [2.45, 2.75) is 24.4 Å². The van der Waals surface area contributed by atoms with E-state index in [1.807, 2.05) is 91.0 Å². The number of carbonyl (C=O) groups excluding carboxylic acids is 1. The van der Waals surface area contributed by atoms with Crippen molar-refractivity contribution in [3.8, 4) is 0 Å². The third kappa shape index (κ3) is 4.99. The predicted octanol–water partition coefficient (Wildman–Crippen LogP) is 5.55. The van der Waals surface area contributed by atoms with E-state index in [9.17, 15) is 4.79 Å². The summed E-state index contributed by atoms with van der Waals surface area (Å²) in [6.07, 6.45) is 2.28. The highest BCUT2D eigenvalue weighted by molar-refractivity contribution is 6.30. The van der Waals surface area contributed by atoms with Crippen LogP contribution in [0.25, 0.3) is 0 Å². The molecule has 0 aliphatic carbocycles. The molecule has 0 aromatic heterocycles. The van der Waals surface area contributed by atoms with Gasteiger partial charge in [0.15, 0.2) is 0 Å². The first-order valence-electron chi connectivity index (χ1n) is 9.88. The van der Waals surface area contributed by atoms with E-state index in [1.54, 1.807) is 0 Å². The quantitative estimate of drug-likeness (QED) is 0.365. The van der Waals surface area contributed by atoms with Gasteiger partial charge in [-0.1, -0.05) is 90.5 Å². The minimum atomic E-state index is -1.03. The van der Waals surface area contributed by atoms with Gasteiger partial charge in [0.05, 0.1) is 7.11 Å². The molecule has 0 unspecified atom stereocenters. The largest absolute Gasteiger partial charge is 0.468 e. The second-order valence-electron chi connectivity index (χ2n) is 7.23. The number of benzene rings is 3. The van der Waals surface area contributed by atoms with Crippen LogP contribution in [0.2, 0.25) is 5.02 Å². The van der Waals surface area contributed by atoms with E-state index in [0.717, 1.165) is 16.7 Å². The molecule has 2 atom stereocenters. The fourth-order valence-electron chi connectivity index (χ4n) is 3.80. The summed E-state index contributed by atoms with van der Waals surface area (Å²) in [6, 6.07) is 27.5. The maximum Gasteiger partial charge on any atom is 0.327 e. The highest BCUT2D eigenvalue weighted by Crippen LogP contribution is 2.34. The Bertz CT molecular complexity index is 957. The Morgan fingerprint density at radius 3 is 2.17 bits per heavy atom. The SMILES string of the molecule is C=C[C@@H](c1ccccc1)[C@@](Cc1ccccc1)(NCc1ccc(Cl)cc1)C(=O)OC. The van der Waals surface area contributed by atoms with E-state index in [1.165, 1.54) is 7.11 Å². The van der Waals surface area contributed by atoms with Gasteiger partial charge in [0.2, 0.25) is 0 Å². The number of halogens is 1. The lowest BCUT2D eigenvalue weighted by Crippen LogP contribution is -2.58. The molecule has 4 heteroatoms. The van der Waals surface area contributed by atoms with E-state index in [-0.39, 0.29) is 11.9 Å². The highest BCUT2D eigenvalue weighted by atomic mass is 35.5. The summed E-state index contributed by atoms with van der Waals surface area (Å²) in [5.74, 6) is -0.618. The van der Waals surface area contributed by atoms with Crippen molar-refractivity contribution in [1.82, 2.24) is 5.32 Å². The molecule has 0 saturated carbocycles. The molecule has 3 aromatic rings. The molecule has 0 aliphatic heterocycles. The maximum absolute atomic E-state index is 13.3. The first-order chi connectivity index (χ1) is 14.6. The lowest BCUT2D eigenvalue weighted by Gasteiger charge is -2.38. The van der Waals surface area contributed by atoms with Gasteiger partial charge in [-0.3, -0.25) is 10.1 Å². The van der Waals surface area contributed by atoms with Crippen LogP contribution in [0.1, 0.15) is 22.6 Å². The fourth-order valence-corrected chi connectivity index (χ4v) is 3.92. The van der Waals surface area contributed by atoms with E-state index < -0.39 is 5.54 Å². The Kier molecular flexibility index (Phi) is 7.45. The van der Waals surface area contributed by atoms with Crippen LogP contribution in [0.4, 0.5) is 0 Å². The van der Waals surface area contributed by atoms with Gasteiger partial charge in [0, 0.05) is 23.9 Å². The van der Waals surface area contributed by atoms with Gasteiger partial charge in [0.25, 0.3) is 0 Å². The molecule has 30 heavy (non-hydrogen) atoms. The Morgan fingerprint density at radius 2 is 1.60 bits per heavy atom. The van der Waals surface area contributed by atoms with Crippen molar-refractivity contribution < 1.29 is 9.53 Å². The van der Waals surface area contributed by atoms with Crippen LogP contribution in [0.5, 0.6) is 0 Å². The molecule has 154 valence electrons. The number of methoxy groups -OCH3 is 1. The summed E-state index contributed by atoms with van der Waals surface area (Å²) in [7, 11) is 1.43. The second-order valence-corrected chi connectivity index (χ2v) is 7.67. The van der Waals surface area contributed by atoms with E-state index in [0.29, 0.717) is 18.0 Å². The van der Waals surface area contributed by atoms with Crippen molar-refractivity contribution in [2.24, 2.45) is 0 Å². The van der Waals surface area contributed by atoms with E-state index >= 15 is 0 Å². The van der Waals surface area contributed by atoms with Crippen LogP contribution in [0, 0.1) is 0 Å². The van der Waals surface area contributed by atoms with Crippen LogP contribution < -0.4 is 5.32 Å². The number of rotatable bonds is 9. The molecular weight excluding hydrogens is 394 g/mol. The number of esters is 1. The van der Waals surface area contributed by atoms with Gasteiger partial charge in [-0.2, -0.15) is 0 Å². The third-order valence-corrected chi connectivity index (χ3v) is 5.57. The summed E-state index contributed by atoms with van der Waals surface area (Å²) < 4.78 is 5.33. The molecule has 0 heterocycles. The molecule has 3 rings (SSSR count). The number of hydrogen-bond donors (Lipinski definition) is 1. The van der Waals surface area contributed by atoms with Crippen LogP contribution >= 0.6 is 11.6 Å². The van der Waals surface area contributed by atoms with Crippen molar-refractivity contribution in [1.29, 1.82) is 0 Å². The van der Waals surface area contributed by atoms with Crippen LogP contribution in [0.15, 0.2) is 97.6 Å². The zero-order valence-corrected chi connectivity index (χ0v) is 17.8. The first-order valence-corrected chi connectivity index (χ1v) is 10.3. The molecule has 0 fully saturated rings. The number of ether oxygens (including phenoxy) is 1. The summed E-state index contributed by atoms with van der Waals surface area (Å²) in [6.45, 7) is 4.55. The first kappa shape index (κ1) is 21.8. The summed E-state index contributed by atoms with van der Waals surface area (Å²) in [5, 5.41) is 4.21. The van der Waals surface area contributed by atoms with Gasteiger partial charge in [-0.15, -0.1) is 6.58 Å². The fraction of sp³-hybridized carbons (Fsp3) is 0.192. The average molecular weight is 420 g/mol. The Balaban J connectivity index is 2.06. The molecule has 3 nitrogen and oxygen atoms in total. The Hall–Kier alpha value is -2.88. The normalized spacial score (nSPS) is 13.8. The molecule has 0 amide bonds. The van der Waals surface area contributed by atoms with Crippen molar-refractivity contribution in [3.05, 3.63) is 119 Å². The smallest absolute Gasteiger partial charge is 0.327 e. The van der Waals surface area contributed by atoms with Gasteiger partial charge in [-0.25, -0.2) is 0 Å². The van der Waals surface area contributed by atoms with Gasteiger partial charge in [-0.05, 0) is 28.8 Å². The lowest BCUT2D eigenvalue weighted by atomic mass is 9.75. The number of hydrogen-bond acceptors (Lipinski definition) is 3. The van der Waals surface area contributed by atoms with Crippen LogP contribution in [-0.4, -0.2) is 18.6 Å². The van der Waals surface area contributed by atoms with Gasteiger partial charge < -0.3 is 4.74 Å². The molecule has 1 N–H and O–H groups in total. The number of nitrogens with one attached hydrogen (secondary N) is 1. The molecule has 0 aliphatic rings. The maximum atomic E-state index is 13.3. The standard InChI is InChI=1S/C26H26ClNO2/c1-3-24(22-12-8-5-9-13-22)26(25(29)30-2,18-20-10-6-4-7-11-20)28-19-21-14-16-23(27)17-15-21/h3-17,24,28H,1,18-19H2,2H3/t24-,26+/m0/s1. The van der Waals surface area contributed by atoms with Gasteiger partial charge >= 0.3 is 5.97 Å².